The maximum Gasteiger partial charge on any atom is 0.417 e. The summed E-state index contributed by atoms with van der Waals surface area (Å²) < 4.78 is 252. The Labute approximate surface area is 238 Å². The van der Waals surface area contributed by atoms with Crippen molar-refractivity contribution in [2.24, 2.45) is 0 Å². The molecule has 20 heteroatoms. The highest BCUT2D eigenvalue weighted by Gasteiger charge is 2.58. The third-order valence-electron chi connectivity index (χ3n) is 6.07. The van der Waals surface area contributed by atoms with Crippen LogP contribution in [0, 0.1) is 0 Å². The number of halogens is 19. The van der Waals surface area contributed by atoms with Crippen LogP contribution in [-0.4, -0.2) is 7.38 Å². The topological polar surface area (TPSA) is 0 Å². The van der Waals surface area contributed by atoms with Gasteiger partial charge in [0.25, 0.3) is 0 Å². The fourth-order valence-electron chi connectivity index (χ4n) is 4.58. The van der Waals surface area contributed by atoms with Gasteiger partial charge in [-0.25, -0.2) is 0 Å². The van der Waals surface area contributed by atoms with Crippen LogP contribution in [0.3, 0.4) is 0 Å². The molecular weight excluding hydrogens is 694 g/mol. The van der Waals surface area contributed by atoms with Gasteiger partial charge >= 0.3 is 37.1 Å². The van der Waals surface area contributed by atoms with Gasteiger partial charge in [-0.05, 0) is 33.8 Å². The van der Waals surface area contributed by atoms with Gasteiger partial charge in [-0.3, -0.25) is 0 Å². The van der Waals surface area contributed by atoms with Crippen LogP contribution >= 0.6 is 11.1 Å². The first-order chi connectivity index (χ1) is 19.5. The van der Waals surface area contributed by atoms with Crippen molar-refractivity contribution < 1.29 is 79.0 Å². The first-order valence-electron chi connectivity index (χ1n) is 11.1. The van der Waals surface area contributed by atoms with Gasteiger partial charge in [0.2, 0.25) is 7.38 Å². The highest BCUT2D eigenvalue weighted by molar-refractivity contribution is 7.40. The Balaban J connectivity index is 2.85. The summed E-state index contributed by atoms with van der Waals surface area (Å²) in [4.78, 5) is 0. The number of rotatable bonds is 3. The average Bonchev–Trinajstić information content (AvgIpc) is 2.83. The molecule has 44 heavy (non-hydrogen) atoms. The SMILES string of the molecule is FC(F)(F)c1cccc([Si](Cl)(c2cccc(C(F)(F)F)c2C(F)(F)F)c2cccc(C(F)(F)F)c2C(F)(F)F)c1C(F)(F)F. The summed E-state index contributed by atoms with van der Waals surface area (Å²) in [5, 5.41) is -6.72. The molecule has 0 N–H and O–H groups in total. The molecule has 0 radical (unpaired) electrons. The van der Waals surface area contributed by atoms with Crippen molar-refractivity contribution in [1.29, 1.82) is 0 Å². The van der Waals surface area contributed by atoms with E-state index in [2.05, 4.69) is 0 Å². The van der Waals surface area contributed by atoms with E-state index in [0.29, 0.717) is 0 Å². The van der Waals surface area contributed by atoms with Gasteiger partial charge in [-0.15, -0.1) is 11.1 Å². The van der Waals surface area contributed by atoms with E-state index < -0.39 is 93.4 Å². The van der Waals surface area contributed by atoms with Crippen molar-refractivity contribution in [2.45, 2.75) is 37.1 Å². The first kappa shape index (κ1) is 35.4. The lowest BCUT2D eigenvalue weighted by molar-refractivity contribution is -0.161. The third-order valence-corrected chi connectivity index (χ3v) is 11.4. The smallest absolute Gasteiger partial charge is 0.166 e. The zero-order valence-electron chi connectivity index (χ0n) is 20.4. The summed E-state index contributed by atoms with van der Waals surface area (Å²) in [6.07, 6.45) is -37.1. The molecule has 0 heterocycles. The van der Waals surface area contributed by atoms with Gasteiger partial charge in [0.05, 0.1) is 33.4 Å². The Morgan fingerprint density at radius 3 is 0.705 bits per heavy atom. The standard InChI is InChI=1S/C24H9ClF18Si/c25-44(13-7-1-4-10(19(26,27)28)16(13)22(35,36)37,14-8-2-5-11(20(29,30)31)17(14)23(38,39)40)15-9-3-6-12(21(32,33)34)18(15)24(41,42)43/h1-9H. The van der Waals surface area contributed by atoms with Gasteiger partial charge in [-0.1, -0.05) is 36.4 Å². The van der Waals surface area contributed by atoms with Crippen molar-refractivity contribution in [3.8, 4) is 0 Å². The molecule has 0 unspecified atom stereocenters. The highest BCUT2D eigenvalue weighted by atomic mass is 35.6. The molecule has 0 atom stereocenters. The molecule has 3 aromatic rings. The van der Waals surface area contributed by atoms with E-state index in [9.17, 15) is 79.0 Å². The van der Waals surface area contributed by atoms with Gasteiger partial charge < -0.3 is 0 Å². The molecule has 0 nitrogen and oxygen atoms in total. The van der Waals surface area contributed by atoms with Crippen molar-refractivity contribution in [3.63, 3.8) is 0 Å². The van der Waals surface area contributed by atoms with Crippen LogP contribution in [0.1, 0.15) is 33.4 Å². The van der Waals surface area contributed by atoms with E-state index >= 15 is 0 Å². The Morgan fingerprint density at radius 1 is 0.341 bits per heavy atom. The van der Waals surface area contributed by atoms with Crippen molar-refractivity contribution in [2.75, 3.05) is 0 Å². The van der Waals surface area contributed by atoms with Crippen LogP contribution in [-0.2, 0) is 37.1 Å². The minimum Gasteiger partial charge on any atom is -0.166 e. The fourth-order valence-corrected chi connectivity index (χ4v) is 9.71. The second kappa shape index (κ2) is 10.8. The van der Waals surface area contributed by atoms with E-state index in [1.165, 1.54) is 0 Å². The minimum atomic E-state index is -6.86. The van der Waals surface area contributed by atoms with E-state index in [0.717, 1.165) is 0 Å². The second-order valence-electron chi connectivity index (χ2n) is 8.83. The van der Waals surface area contributed by atoms with E-state index in [-0.39, 0.29) is 54.6 Å². The van der Waals surface area contributed by atoms with Crippen LogP contribution in [0.5, 0.6) is 0 Å². The monoisotopic (exact) mass is 702 g/mol. The van der Waals surface area contributed by atoms with Gasteiger partial charge in [0.1, 0.15) is 0 Å². The maximum atomic E-state index is 14.3. The summed E-state index contributed by atoms with van der Waals surface area (Å²) in [7, 11) is -6.86. The van der Waals surface area contributed by atoms with Gasteiger partial charge in [-0.2, -0.15) is 79.0 Å². The molecule has 0 aliphatic heterocycles. The Bertz CT molecular complexity index is 1360. The summed E-state index contributed by atoms with van der Waals surface area (Å²) in [6.45, 7) is 0. The Hall–Kier alpha value is -3.09. The summed E-state index contributed by atoms with van der Waals surface area (Å²) in [6, 6.07) is -1.12. The molecule has 3 aromatic carbocycles. The molecule has 0 aromatic heterocycles. The summed E-state index contributed by atoms with van der Waals surface area (Å²) in [5.74, 6) is 0. The van der Waals surface area contributed by atoms with Crippen molar-refractivity contribution >= 4 is 34.0 Å². The predicted molar refractivity (Wildman–Crippen MR) is 120 cm³/mol. The summed E-state index contributed by atoms with van der Waals surface area (Å²) >= 11 is 6.25. The molecule has 0 aliphatic rings. The second-order valence-corrected chi connectivity index (χ2v) is 13.5. The zero-order valence-corrected chi connectivity index (χ0v) is 22.1. The molecule has 0 saturated carbocycles. The zero-order chi connectivity index (χ0) is 34.1. The largest absolute Gasteiger partial charge is 0.417 e. The molecule has 0 spiro atoms. The normalized spacial score (nSPS) is 14.2. The van der Waals surface area contributed by atoms with Crippen LogP contribution in [0.25, 0.3) is 0 Å². The third kappa shape index (κ3) is 6.48. The van der Waals surface area contributed by atoms with Gasteiger partial charge in [0.15, 0.2) is 0 Å². The van der Waals surface area contributed by atoms with Crippen molar-refractivity contribution in [3.05, 3.63) is 88.0 Å². The van der Waals surface area contributed by atoms with Crippen LogP contribution in [0.15, 0.2) is 54.6 Å². The lowest BCUT2D eigenvalue weighted by atomic mass is 10.1. The van der Waals surface area contributed by atoms with Crippen LogP contribution < -0.4 is 15.6 Å². The first-order valence-corrected chi connectivity index (χ1v) is 14.1. The number of benzene rings is 3. The minimum absolute atomic E-state index is 0.0548. The number of alkyl halides is 18. The average molecular weight is 703 g/mol. The lowest BCUT2D eigenvalue weighted by Gasteiger charge is -2.35. The van der Waals surface area contributed by atoms with E-state index in [1.54, 1.807) is 0 Å². The molecule has 0 saturated heterocycles. The molecule has 0 fully saturated rings. The molecule has 0 amide bonds. The quantitative estimate of drug-likeness (QED) is 0.111. The molecular formula is C24H9ClF18Si. The maximum absolute atomic E-state index is 14.3. The van der Waals surface area contributed by atoms with Gasteiger partial charge in [0, 0.05) is 0 Å². The van der Waals surface area contributed by atoms with Crippen LogP contribution in [0.2, 0.25) is 0 Å². The van der Waals surface area contributed by atoms with Crippen LogP contribution in [0.4, 0.5) is 79.0 Å². The molecule has 3 rings (SSSR count). The highest BCUT2D eigenvalue weighted by Crippen LogP contribution is 2.45. The van der Waals surface area contributed by atoms with E-state index in [4.69, 9.17) is 11.1 Å². The number of hydrogen-bond acceptors (Lipinski definition) is 0. The molecule has 242 valence electrons. The Kier molecular flexibility index (Phi) is 8.66. The Morgan fingerprint density at radius 2 is 0.545 bits per heavy atom. The van der Waals surface area contributed by atoms with Crippen molar-refractivity contribution in [1.82, 2.24) is 0 Å². The van der Waals surface area contributed by atoms with E-state index in [1.807, 2.05) is 0 Å². The molecule has 0 aliphatic carbocycles. The molecule has 0 bridgehead atoms. The number of hydrogen-bond donors (Lipinski definition) is 0. The summed E-state index contributed by atoms with van der Waals surface area (Å²) in [5.41, 5.74) is -17.2. The predicted octanol–water partition coefficient (Wildman–Crippen LogP) is 9.01. The fraction of sp³-hybridized carbons (Fsp3) is 0.250. The lowest BCUT2D eigenvalue weighted by Crippen LogP contribution is -2.67.